The van der Waals surface area contributed by atoms with Crippen molar-refractivity contribution in [1.29, 1.82) is 0 Å². The van der Waals surface area contributed by atoms with Gasteiger partial charge in [0.1, 0.15) is 5.03 Å². The molecule has 0 saturated carbocycles. The lowest BCUT2D eigenvalue weighted by Gasteiger charge is -2.05. The maximum absolute atomic E-state index is 11.6. The number of aryl methyl sites for hydroxylation is 1. The molecule has 2 heterocycles. The van der Waals surface area contributed by atoms with Gasteiger partial charge in [-0.2, -0.15) is 4.98 Å². The zero-order valence-corrected chi connectivity index (χ0v) is 12.0. The van der Waals surface area contributed by atoms with Crippen molar-refractivity contribution in [1.82, 2.24) is 19.9 Å². The molecule has 0 spiro atoms. The molecular weight excluding hydrogens is 278 g/mol. The second kappa shape index (κ2) is 6.38. The van der Waals surface area contributed by atoms with E-state index < -0.39 is 0 Å². The lowest BCUT2D eigenvalue weighted by atomic mass is 10.2. The standard InChI is InChI=1S/C12H15N5O2S/c1-3-4-7-5-8(18)15-12(14-7)20-10-6-9(19-2)16-11(13)17-10/h5-6H,3-4H2,1-2H3,(H2,13,16,17)(H,14,15,18). The molecule has 3 N–H and O–H groups in total. The highest BCUT2D eigenvalue weighted by Gasteiger charge is 2.08. The van der Waals surface area contributed by atoms with Gasteiger partial charge in [0.2, 0.25) is 11.8 Å². The van der Waals surface area contributed by atoms with Gasteiger partial charge < -0.3 is 15.5 Å². The first-order valence-corrected chi connectivity index (χ1v) is 6.89. The van der Waals surface area contributed by atoms with E-state index in [1.54, 1.807) is 6.07 Å². The number of nitrogens with one attached hydrogen (secondary N) is 1. The van der Waals surface area contributed by atoms with E-state index in [9.17, 15) is 4.79 Å². The summed E-state index contributed by atoms with van der Waals surface area (Å²) in [4.78, 5) is 26.6. The van der Waals surface area contributed by atoms with Crippen LogP contribution in [0.25, 0.3) is 0 Å². The predicted molar refractivity (Wildman–Crippen MR) is 76.0 cm³/mol. The molecule has 0 aromatic carbocycles. The Bertz CT molecular complexity index is 659. The van der Waals surface area contributed by atoms with Gasteiger partial charge in [0.15, 0.2) is 5.16 Å². The monoisotopic (exact) mass is 293 g/mol. The number of aromatic nitrogens is 4. The van der Waals surface area contributed by atoms with Crippen LogP contribution >= 0.6 is 11.8 Å². The van der Waals surface area contributed by atoms with Crippen LogP contribution in [0.2, 0.25) is 0 Å². The van der Waals surface area contributed by atoms with Gasteiger partial charge in [-0.05, 0) is 18.2 Å². The molecule has 0 amide bonds. The van der Waals surface area contributed by atoms with Gasteiger partial charge in [0.05, 0.1) is 7.11 Å². The molecule has 0 atom stereocenters. The summed E-state index contributed by atoms with van der Waals surface area (Å²) >= 11 is 1.21. The number of methoxy groups -OCH3 is 1. The van der Waals surface area contributed by atoms with Gasteiger partial charge >= 0.3 is 0 Å². The minimum atomic E-state index is -0.181. The van der Waals surface area contributed by atoms with Crippen molar-refractivity contribution in [2.75, 3.05) is 12.8 Å². The number of aromatic amines is 1. The first kappa shape index (κ1) is 14.3. The summed E-state index contributed by atoms with van der Waals surface area (Å²) in [6.07, 6.45) is 1.68. The van der Waals surface area contributed by atoms with Crippen LogP contribution in [-0.4, -0.2) is 27.0 Å². The number of nitrogens with two attached hydrogens (primary N) is 1. The molecule has 106 valence electrons. The number of hydrogen-bond donors (Lipinski definition) is 2. The Labute approximate surface area is 120 Å². The molecule has 0 bridgehead atoms. The van der Waals surface area contributed by atoms with Gasteiger partial charge in [-0.15, -0.1) is 0 Å². The van der Waals surface area contributed by atoms with E-state index in [-0.39, 0.29) is 11.5 Å². The summed E-state index contributed by atoms with van der Waals surface area (Å²) in [6, 6.07) is 3.13. The Balaban J connectivity index is 2.29. The van der Waals surface area contributed by atoms with Crippen LogP contribution in [0.4, 0.5) is 5.95 Å². The topological polar surface area (TPSA) is 107 Å². The average Bonchev–Trinajstić information content (AvgIpc) is 2.37. The zero-order valence-electron chi connectivity index (χ0n) is 11.2. The Morgan fingerprint density at radius 1 is 1.35 bits per heavy atom. The third-order valence-corrected chi connectivity index (χ3v) is 3.19. The molecule has 0 fully saturated rings. The largest absolute Gasteiger partial charge is 0.481 e. The maximum atomic E-state index is 11.6. The van der Waals surface area contributed by atoms with E-state index >= 15 is 0 Å². The van der Waals surface area contributed by atoms with Crippen LogP contribution in [0, 0.1) is 0 Å². The summed E-state index contributed by atoms with van der Waals surface area (Å²) in [5.74, 6) is 0.478. The van der Waals surface area contributed by atoms with E-state index in [1.807, 2.05) is 6.92 Å². The highest BCUT2D eigenvalue weighted by atomic mass is 32.2. The van der Waals surface area contributed by atoms with E-state index in [4.69, 9.17) is 10.5 Å². The minimum Gasteiger partial charge on any atom is -0.481 e. The number of nitrogen functional groups attached to an aromatic ring is 1. The molecule has 2 rings (SSSR count). The second-order valence-electron chi connectivity index (χ2n) is 4.00. The fourth-order valence-electron chi connectivity index (χ4n) is 1.59. The van der Waals surface area contributed by atoms with Crippen molar-refractivity contribution >= 4 is 17.7 Å². The minimum absolute atomic E-state index is 0.110. The second-order valence-corrected chi connectivity index (χ2v) is 5.01. The summed E-state index contributed by atoms with van der Waals surface area (Å²) in [5.41, 5.74) is 6.16. The predicted octanol–water partition coefficient (Wildman–Crippen LogP) is 1.25. The van der Waals surface area contributed by atoms with Crippen molar-refractivity contribution in [3.05, 3.63) is 28.2 Å². The average molecular weight is 293 g/mol. The number of anilines is 1. The van der Waals surface area contributed by atoms with Gasteiger partial charge in [-0.1, -0.05) is 13.3 Å². The first-order valence-electron chi connectivity index (χ1n) is 6.07. The third-order valence-electron chi connectivity index (χ3n) is 2.39. The van der Waals surface area contributed by atoms with Gasteiger partial charge in [-0.25, -0.2) is 9.97 Å². The smallest absolute Gasteiger partial charge is 0.251 e. The molecule has 2 aromatic heterocycles. The van der Waals surface area contributed by atoms with Gasteiger partial charge in [-0.3, -0.25) is 4.79 Å². The zero-order chi connectivity index (χ0) is 14.5. The number of rotatable bonds is 5. The Hall–Kier alpha value is -2.09. The highest BCUT2D eigenvalue weighted by Crippen LogP contribution is 2.25. The van der Waals surface area contributed by atoms with E-state index in [0.29, 0.717) is 16.1 Å². The molecule has 0 saturated heterocycles. The van der Waals surface area contributed by atoms with Crippen molar-refractivity contribution in [3.63, 3.8) is 0 Å². The molecule has 0 aliphatic rings. The van der Waals surface area contributed by atoms with Crippen LogP contribution < -0.4 is 16.0 Å². The number of ether oxygens (including phenoxy) is 1. The fraction of sp³-hybridized carbons (Fsp3) is 0.333. The Kier molecular flexibility index (Phi) is 4.57. The van der Waals surface area contributed by atoms with Crippen molar-refractivity contribution in [3.8, 4) is 5.88 Å². The number of nitrogens with zero attached hydrogens (tertiary/aromatic N) is 3. The molecule has 0 aliphatic heterocycles. The molecule has 7 nitrogen and oxygen atoms in total. The van der Waals surface area contributed by atoms with Crippen LogP contribution in [0.15, 0.2) is 27.1 Å². The van der Waals surface area contributed by atoms with Crippen molar-refractivity contribution < 1.29 is 4.74 Å². The first-order chi connectivity index (χ1) is 9.60. The summed E-state index contributed by atoms with van der Waals surface area (Å²) in [7, 11) is 1.50. The molecule has 20 heavy (non-hydrogen) atoms. The normalized spacial score (nSPS) is 10.5. The fourth-order valence-corrected chi connectivity index (χ4v) is 2.40. The Morgan fingerprint density at radius 3 is 2.85 bits per heavy atom. The van der Waals surface area contributed by atoms with E-state index in [2.05, 4.69) is 19.9 Å². The number of H-pyrrole nitrogens is 1. The summed E-state index contributed by atoms with van der Waals surface area (Å²) in [6.45, 7) is 2.03. The quantitative estimate of drug-likeness (QED) is 0.631. The molecule has 0 radical (unpaired) electrons. The van der Waals surface area contributed by atoms with Gasteiger partial charge in [0.25, 0.3) is 5.56 Å². The van der Waals surface area contributed by atoms with Crippen LogP contribution in [0.3, 0.4) is 0 Å². The van der Waals surface area contributed by atoms with Crippen molar-refractivity contribution in [2.45, 2.75) is 29.9 Å². The van der Waals surface area contributed by atoms with Crippen LogP contribution in [0.1, 0.15) is 19.0 Å². The summed E-state index contributed by atoms with van der Waals surface area (Å²) < 4.78 is 5.02. The maximum Gasteiger partial charge on any atom is 0.251 e. The SMILES string of the molecule is CCCc1cc(=O)[nH]c(Sc2cc(OC)nc(N)n2)n1. The lowest BCUT2D eigenvalue weighted by Crippen LogP contribution is -2.10. The number of hydrogen-bond acceptors (Lipinski definition) is 7. The highest BCUT2D eigenvalue weighted by molar-refractivity contribution is 7.99. The molecule has 2 aromatic rings. The molecular formula is C12H15N5O2S. The van der Waals surface area contributed by atoms with Crippen molar-refractivity contribution in [2.24, 2.45) is 0 Å². The van der Waals surface area contributed by atoms with E-state index in [1.165, 1.54) is 24.9 Å². The van der Waals surface area contributed by atoms with Gasteiger partial charge in [0, 0.05) is 17.8 Å². The van der Waals surface area contributed by atoms with Crippen LogP contribution in [-0.2, 0) is 6.42 Å². The molecule has 0 aliphatic carbocycles. The Morgan fingerprint density at radius 2 is 2.15 bits per heavy atom. The third kappa shape index (κ3) is 3.70. The van der Waals surface area contributed by atoms with Crippen LogP contribution in [0.5, 0.6) is 5.88 Å². The van der Waals surface area contributed by atoms with E-state index in [0.717, 1.165) is 18.5 Å². The molecule has 8 heteroatoms. The summed E-state index contributed by atoms with van der Waals surface area (Å²) in [5, 5.41) is 1.03. The lowest BCUT2D eigenvalue weighted by molar-refractivity contribution is 0.396. The molecule has 0 unspecified atom stereocenters.